The number of hydrogen-bond donors (Lipinski definition) is 1. The van der Waals surface area contributed by atoms with Crippen LogP contribution in [0.2, 0.25) is 25.1 Å². The van der Waals surface area contributed by atoms with Crippen molar-refractivity contribution in [2.75, 3.05) is 0 Å². The zero-order valence-corrected chi connectivity index (χ0v) is 13.9. The fourth-order valence-corrected chi connectivity index (χ4v) is 3.09. The average molecular weight is 382 g/mol. The number of halogens is 5. The minimum atomic E-state index is -0.435. The molecule has 21 heavy (non-hydrogen) atoms. The minimum Gasteiger partial charge on any atom is -0.328 e. The van der Waals surface area contributed by atoms with Crippen LogP contribution >= 0.6 is 58.0 Å². The third-order valence-electron chi connectivity index (χ3n) is 2.73. The zero-order chi connectivity index (χ0) is 15.7. The lowest BCUT2D eigenvalue weighted by Gasteiger charge is -2.12. The highest BCUT2D eigenvalue weighted by Gasteiger charge is 2.22. The molecule has 0 fully saturated rings. The third kappa shape index (κ3) is 3.01. The van der Waals surface area contributed by atoms with Crippen LogP contribution in [0.4, 0.5) is 0 Å². The van der Waals surface area contributed by atoms with Crippen molar-refractivity contribution in [2.45, 2.75) is 6.42 Å². The number of hydrogen-bond acceptors (Lipinski definition) is 2. The van der Waals surface area contributed by atoms with E-state index in [4.69, 9.17) is 63.3 Å². The molecular weight excluding hydrogens is 377 g/mol. The van der Waals surface area contributed by atoms with E-state index in [-0.39, 0.29) is 42.7 Å². The normalized spacial score (nSPS) is 10.5. The molecule has 0 unspecified atom stereocenters. The zero-order valence-electron chi connectivity index (χ0n) is 10.1. The lowest BCUT2D eigenvalue weighted by Crippen LogP contribution is -2.10. The van der Waals surface area contributed by atoms with Crippen molar-refractivity contribution in [3.63, 3.8) is 0 Å². The van der Waals surface area contributed by atoms with Gasteiger partial charge in [0.15, 0.2) is 0 Å². The molecule has 2 aromatic rings. The van der Waals surface area contributed by atoms with Crippen LogP contribution in [0.15, 0.2) is 17.1 Å². The first kappa shape index (κ1) is 16.5. The van der Waals surface area contributed by atoms with Crippen molar-refractivity contribution >= 4 is 58.0 Å². The van der Waals surface area contributed by atoms with Gasteiger partial charge in [0.25, 0.3) is 5.56 Å². The predicted octanol–water partition coefficient (Wildman–Crippen LogP) is 5.37. The Labute approximate surface area is 145 Å². The van der Waals surface area contributed by atoms with Crippen LogP contribution in [-0.4, -0.2) is 4.98 Å². The van der Waals surface area contributed by atoms with Gasteiger partial charge in [-0.1, -0.05) is 58.0 Å². The van der Waals surface area contributed by atoms with Gasteiger partial charge in [-0.15, -0.1) is 0 Å². The van der Waals surface area contributed by atoms with Gasteiger partial charge in [-0.3, -0.25) is 4.79 Å². The summed E-state index contributed by atoms with van der Waals surface area (Å²) in [6, 6.07) is 3.49. The first-order valence-corrected chi connectivity index (χ1v) is 7.37. The maximum absolute atomic E-state index is 12.0. The van der Waals surface area contributed by atoms with Crippen LogP contribution in [0.3, 0.4) is 0 Å². The number of benzene rings is 1. The van der Waals surface area contributed by atoms with E-state index in [0.717, 1.165) is 0 Å². The summed E-state index contributed by atoms with van der Waals surface area (Å²) in [6.45, 7) is 0. The monoisotopic (exact) mass is 380 g/mol. The molecule has 2 rings (SSSR count). The van der Waals surface area contributed by atoms with E-state index in [9.17, 15) is 4.79 Å². The molecule has 1 aromatic carbocycles. The Morgan fingerprint density at radius 1 is 1.00 bits per heavy atom. The van der Waals surface area contributed by atoms with Gasteiger partial charge in [0.05, 0.1) is 43.2 Å². The highest BCUT2D eigenvalue weighted by atomic mass is 35.5. The third-order valence-corrected chi connectivity index (χ3v) is 5.00. The van der Waals surface area contributed by atoms with Crippen molar-refractivity contribution in [3.05, 3.63) is 53.3 Å². The Balaban J connectivity index is 2.82. The van der Waals surface area contributed by atoms with Crippen molar-refractivity contribution in [3.8, 4) is 17.2 Å². The van der Waals surface area contributed by atoms with Gasteiger partial charge in [0, 0.05) is 11.8 Å². The van der Waals surface area contributed by atoms with E-state index >= 15 is 0 Å². The van der Waals surface area contributed by atoms with Gasteiger partial charge in [-0.05, 0) is 11.6 Å². The highest BCUT2D eigenvalue weighted by Crippen LogP contribution is 2.47. The van der Waals surface area contributed by atoms with Gasteiger partial charge in [-0.25, -0.2) is 0 Å². The summed E-state index contributed by atoms with van der Waals surface area (Å²) in [5.74, 6) is 0. The Morgan fingerprint density at radius 3 is 2.05 bits per heavy atom. The van der Waals surface area contributed by atoms with Crippen LogP contribution in [0, 0.1) is 11.3 Å². The molecule has 1 aromatic heterocycles. The molecule has 0 radical (unpaired) electrons. The number of pyridine rings is 1. The average Bonchev–Trinajstić information content (AvgIpc) is 2.47. The number of H-pyrrole nitrogens is 1. The summed E-state index contributed by atoms with van der Waals surface area (Å²) in [5, 5.41) is 8.81. The summed E-state index contributed by atoms with van der Waals surface area (Å²) in [4.78, 5) is 14.5. The molecule has 0 amide bonds. The summed E-state index contributed by atoms with van der Waals surface area (Å²) in [5.41, 5.74) is 0.508. The Hall–Kier alpha value is -0.890. The molecule has 0 aliphatic heterocycles. The van der Waals surface area contributed by atoms with Gasteiger partial charge < -0.3 is 4.98 Å². The van der Waals surface area contributed by atoms with Crippen LogP contribution < -0.4 is 5.56 Å². The SMILES string of the molecule is N#CCc1c[nH]c(=O)c(-c2c(Cl)c(Cl)c(Cl)c(Cl)c2Cl)c1. The topological polar surface area (TPSA) is 56.6 Å². The number of nitrogens with one attached hydrogen (secondary N) is 1. The van der Waals surface area contributed by atoms with E-state index in [2.05, 4.69) is 4.98 Å². The quantitative estimate of drug-likeness (QED) is 0.560. The van der Waals surface area contributed by atoms with Crippen molar-refractivity contribution in [1.82, 2.24) is 4.98 Å². The van der Waals surface area contributed by atoms with Gasteiger partial charge in [-0.2, -0.15) is 5.26 Å². The van der Waals surface area contributed by atoms with Crippen molar-refractivity contribution in [2.24, 2.45) is 0 Å². The smallest absolute Gasteiger partial charge is 0.255 e. The molecule has 0 aliphatic carbocycles. The Kier molecular flexibility index (Phi) is 5.08. The molecule has 1 N–H and O–H groups in total. The molecule has 0 bridgehead atoms. The molecule has 0 saturated heterocycles. The molecule has 0 atom stereocenters. The van der Waals surface area contributed by atoms with E-state index in [1.54, 1.807) is 0 Å². The lowest BCUT2D eigenvalue weighted by molar-refractivity contribution is 1.15. The second kappa shape index (κ2) is 6.48. The molecular formula is C13H5Cl5N2O. The minimum absolute atomic E-state index is 0.00724. The van der Waals surface area contributed by atoms with Crippen LogP contribution in [0.25, 0.3) is 11.1 Å². The summed E-state index contributed by atoms with van der Waals surface area (Å²) >= 11 is 30.2. The largest absolute Gasteiger partial charge is 0.328 e. The standard InChI is InChI=1S/C13H5Cl5N2O/c14-8-7(9(15)11(17)12(18)10(8)16)6-3-5(1-2-19)4-20-13(6)21/h3-4H,1H2,(H,20,21). The highest BCUT2D eigenvalue weighted by molar-refractivity contribution is 6.56. The number of nitriles is 1. The van der Waals surface area contributed by atoms with Crippen molar-refractivity contribution < 1.29 is 0 Å². The summed E-state index contributed by atoms with van der Waals surface area (Å²) in [6.07, 6.45) is 1.56. The number of aromatic nitrogens is 1. The van der Waals surface area contributed by atoms with E-state index < -0.39 is 5.56 Å². The fraction of sp³-hybridized carbons (Fsp3) is 0.0769. The molecule has 0 spiro atoms. The summed E-state index contributed by atoms with van der Waals surface area (Å²) < 4.78 is 0. The molecule has 8 heteroatoms. The van der Waals surface area contributed by atoms with E-state index in [1.807, 2.05) is 6.07 Å². The van der Waals surface area contributed by atoms with Gasteiger partial charge >= 0.3 is 0 Å². The molecule has 108 valence electrons. The maximum atomic E-state index is 12.0. The first-order valence-electron chi connectivity index (χ1n) is 5.48. The van der Waals surface area contributed by atoms with Gasteiger partial charge in [0.2, 0.25) is 0 Å². The Bertz CT molecular complexity index is 794. The van der Waals surface area contributed by atoms with E-state index in [1.165, 1.54) is 12.3 Å². The second-order valence-corrected chi connectivity index (χ2v) is 5.92. The summed E-state index contributed by atoms with van der Waals surface area (Å²) in [7, 11) is 0. The fourth-order valence-electron chi connectivity index (χ4n) is 1.75. The number of rotatable bonds is 2. The predicted molar refractivity (Wildman–Crippen MR) is 86.9 cm³/mol. The van der Waals surface area contributed by atoms with Crippen LogP contribution in [0.5, 0.6) is 0 Å². The van der Waals surface area contributed by atoms with Crippen molar-refractivity contribution in [1.29, 1.82) is 5.26 Å². The molecule has 0 aliphatic rings. The molecule has 0 saturated carbocycles. The number of nitrogens with zero attached hydrogens (tertiary/aromatic N) is 1. The van der Waals surface area contributed by atoms with Crippen LogP contribution in [0.1, 0.15) is 5.56 Å². The Morgan fingerprint density at radius 2 is 1.52 bits per heavy atom. The maximum Gasteiger partial charge on any atom is 0.255 e. The molecule has 1 heterocycles. The lowest BCUT2D eigenvalue weighted by atomic mass is 10.0. The first-order chi connectivity index (χ1) is 9.88. The van der Waals surface area contributed by atoms with Gasteiger partial charge in [0.1, 0.15) is 0 Å². The molecule has 3 nitrogen and oxygen atoms in total. The van der Waals surface area contributed by atoms with E-state index in [0.29, 0.717) is 5.56 Å². The van der Waals surface area contributed by atoms with Crippen LogP contribution in [-0.2, 0) is 6.42 Å². The second-order valence-electron chi connectivity index (χ2n) is 4.03. The number of aromatic amines is 1.